The summed E-state index contributed by atoms with van der Waals surface area (Å²) in [7, 11) is 0. The largest absolute Gasteiger partial charge is 0.494 e. The van der Waals surface area contributed by atoms with E-state index in [0.717, 1.165) is 44.7 Å². The van der Waals surface area contributed by atoms with Crippen LogP contribution in [0, 0.1) is 5.92 Å². The van der Waals surface area contributed by atoms with E-state index >= 15 is 0 Å². The average Bonchev–Trinajstić information content (AvgIpc) is 2.60. The third-order valence-corrected chi connectivity index (χ3v) is 4.32. The first-order chi connectivity index (χ1) is 11.6. The molecule has 0 unspecified atom stereocenters. The Morgan fingerprint density at radius 2 is 1.88 bits per heavy atom. The van der Waals surface area contributed by atoms with E-state index in [1.165, 1.54) is 5.56 Å². The third kappa shape index (κ3) is 6.16. The normalized spacial score (nSPS) is 15.8. The van der Waals surface area contributed by atoms with E-state index in [1.807, 2.05) is 36.1 Å². The summed E-state index contributed by atoms with van der Waals surface area (Å²) in [5.74, 6) is 1.71. The SMILES string of the molecule is CCOc1ccc(CCC(=O)N2CCC(OCC(C)C)CC2)cc1. The molecule has 1 fully saturated rings. The van der Waals surface area contributed by atoms with Crippen LogP contribution in [-0.2, 0) is 16.0 Å². The number of aryl methyl sites for hydroxylation is 1. The molecule has 1 heterocycles. The summed E-state index contributed by atoms with van der Waals surface area (Å²) in [6.07, 6.45) is 3.60. The van der Waals surface area contributed by atoms with E-state index in [4.69, 9.17) is 9.47 Å². The fourth-order valence-electron chi connectivity index (χ4n) is 2.93. The minimum absolute atomic E-state index is 0.256. The Balaban J connectivity index is 1.69. The smallest absolute Gasteiger partial charge is 0.222 e. The van der Waals surface area contributed by atoms with Gasteiger partial charge in [-0.15, -0.1) is 0 Å². The highest BCUT2D eigenvalue weighted by Crippen LogP contribution is 2.17. The van der Waals surface area contributed by atoms with Crippen LogP contribution in [0.3, 0.4) is 0 Å². The number of likely N-dealkylation sites (tertiary alicyclic amines) is 1. The number of amides is 1. The van der Waals surface area contributed by atoms with E-state index in [0.29, 0.717) is 25.0 Å². The zero-order valence-corrected chi connectivity index (χ0v) is 15.3. The number of hydrogen-bond acceptors (Lipinski definition) is 3. The van der Waals surface area contributed by atoms with Gasteiger partial charge in [-0.2, -0.15) is 0 Å². The van der Waals surface area contributed by atoms with Gasteiger partial charge < -0.3 is 14.4 Å². The first-order valence-corrected chi connectivity index (χ1v) is 9.19. The van der Waals surface area contributed by atoms with Crippen LogP contribution >= 0.6 is 0 Å². The van der Waals surface area contributed by atoms with Crippen LogP contribution in [0.4, 0.5) is 0 Å². The van der Waals surface area contributed by atoms with Crippen LogP contribution < -0.4 is 4.74 Å². The Labute approximate surface area is 146 Å². The predicted molar refractivity (Wildman–Crippen MR) is 96.3 cm³/mol. The Morgan fingerprint density at radius 3 is 2.46 bits per heavy atom. The lowest BCUT2D eigenvalue weighted by Crippen LogP contribution is -2.41. The molecule has 0 N–H and O–H groups in total. The molecule has 1 aliphatic rings. The van der Waals surface area contributed by atoms with Crippen LogP contribution in [0.1, 0.15) is 45.6 Å². The number of ether oxygens (including phenoxy) is 2. The second-order valence-electron chi connectivity index (χ2n) is 6.88. The van der Waals surface area contributed by atoms with Gasteiger partial charge in [-0.1, -0.05) is 26.0 Å². The van der Waals surface area contributed by atoms with Crippen molar-refractivity contribution in [2.24, 2.45) is 5.92 Å². The van der Waals surface area contributed by atoms with Crippen LogP contribution in [-0.4, -0.2) is 43.2 Å². The zero-order chi connectivity index (χ0) is 17.4. The van der Waals surface area contributed by atoms with Gasteiger partial charge in [0.25, 0.3) is 0 Å². The van der Waals surface area contributed by atoms with Crippen LogP contribution in [0.5, 0.6) is 5.75 Å². The second kappa shape index (κ2) is 9.67. The maximum absolute atomic E-state index is 12.4. The predicted octanol–water partition coefficient (Wildman–Crippen LogP) is 3.68. The summed E-state index contributed by atoms with van der Waals surface area (Å²) >= 11 is 0. The van der Waals surface area contributed by atoms with Crippen molar-refractivity contribution in [1.82, 2.24) is 4.90 Å². The summed E-state index contributed by atoms with van der Waals surface area (Å²) < 4.78 is 11.3. The Bertz CT molecular complexity index is 490. The van der Waals surface area contributed by atoms with Crippen molar-refractivity contribution in [3.8, 4) is 5.75 Å². The molecule has 1 aliphatic heterocycles. The molecule has 0 atom stereocenters. The summed E-state index contributed by atoms with van der Waals surface area (Å²) in [6.45, 7) is 9.45. The van der Waals surface area contributed by atoms with Gasteiger partial charge in [0.1, 0.15) is 5.75 Å². The molecule has 0 aliphatic carbocycles. The highest BCUT2D eigenvalue weighted by molar-refractivity contribution is 5.76. The van der Waals surface area contributed by atoms with Crippen LogP contribution in [0.25, 0.3) is 0 Å². The highest BCUT2D eigenvalue weighted by Gasteiger charge is 2.23. The van der Waals surface area contributed by atoms with E-state index < -0.39 is 0 Å². The minimum atomic E-state index is 0.256. The first kappa shape index (κ1) is 18.8. The molecule has 4 heteroatoms. The molecule has 1 aromatic rings. The maximum Gasteiger partial charge on any atom is 0.222 e. The fourth-order valence-corrected chi connectivity index (χ4v) is 2.93. The molecule has 134 valence electrons. The van der Waals surface area contributed by atoms with E-state index in [-0.39, 0.29) is 5.91 Å². The Hall–Kier alpha value is -1.55. The van der Waals surface area contributed by atoms with E-state index in [2.05, 4.69) is 13.8 Å². The number of carbonyl (C=O) groups excluding carboxylic acids is 1. The number of rotatable bonds is 8. The molecule has 0 spiro atoms. The van der Waals surface area contributed by atoms with Crippen LogP contribution in [0.2, 0.25) is 0 Å². The Morgan fingerprint density at radius 1 is 1.21 bits per heavy atom. The topological polar surface area (TPSA) is 38.8 Å². The summed E-state index contributed by atoms with van der Waals surface area (Å²) in [6, 6.07) is 8.04. The first-order valence-electron chi connectivity index (χ1n) is 9.19. The molecule has 1 aromatic carbocycles. The average molecular weight is 333 g/mol. The molecular weight excluding hydrogens is 302 g/mol. The van der Waals surface area contributed by atoms with Gasteiger partial charge in [0, 0.05) is 26.1 Å². The van der Waals surface area contributed by atoms with Gasteiger partial charge in [-0.25, -0.2) is 0 Å². The second-order valence-corrected chi connectivity index (χ2v) is 6.88. The molecule has 4 nitrogen and oxygen atoms in total. The van der Waals surface area contributed by atoms with Crippen molar-refractivity contribution in [1.29, 1.82) is 0 Å². The van der Waals surface area contributed by atoms with Crippen molar-refractivity contribution in [2.75, 3.05) is 26.3 Å². The van der Waals surface area contributed by atoms with Gasteiger partial charge >= 0.3 is 0 Å². The van der Waals surface area contributed by atoms with Crippen molar-refractivity contribution < 1.29 is 14.3 Å². The van der Waals surface area contributed by atoms with Gasteiger partial charge in [-0.3, -0.25) is 4.79 Å². The monoisotopic (exact) mass is 333 g/mol. The highest BCUT2D eigenvalue weighted by atomic mass is 16.5. The molecule has 0 bridgehead atoms. The fraction of sp³-hybridized carbons (Fsp3) is 0.650. The molecule has 0 aromatic heterocycles. The standard InChI is InChI=1S/C20H31NO3/c1-4-23-18-8-5-17(6-9-18)7-10-20(22)21-13-11-19(12-14-21)24-15-16(2)3/h5-6,8-9,16,19H,4,7,10-15H2,1-3H3. The molecular formula is C20H31NO3. The number of piperidine rings is 1. The van der Waals surface area contributed by atoms with Gasteiger partial charge in [0.15, 0.2) is 0 Å². The van der Waals surface area contributed by atoms with E-state index in [9.17, 15) is 4.79 Å². The van der Waals surface area contributed by atoms with E-state index in [1.54, 1.807) is 0 Å². The van der Waals surface area contributed by atoms with Crippen molar-refractivity contribution >= 4 is 5.91 Å². The molecule has 24 heavy (non-hydrogen) atoms. The third-order valence-electron chi connectivity index (χ3n) is 4.32. The summed E-state index contributed by atoms with van der Waals surface area (Å²) in [4.78, 5) is 14.4. The quantitative estimate of drug-likeness (QED) is 0.728. The van der Waals surface area contributed by atoms with Crippen molar-refractivity contribution in [3.63, 3.8) is 0 Å². The number of nitrogens with zero attached hydrogens (tertiary/aromatic N) is 1. The zero-order valence-electron chi connectivity index (χ0n) is 15.3. The lowest BCUT2D eigenvalue weighted by Gasteiger charge is -2.32. The molecule has 2 rings (SSSR count). The lowest BCUT2D eigenvalue weighted by atomic mass is 10.1. The molecule has 1 saturated heterocycles. The molecule has 1 amide bonds. The van der Waals surface area contributed by atoms with Gasteiger partial charge in [0.05, 0.1) is 12.7 Å². The van der Waals surface area contributed by atoms with Crippen molar-refractivity contribution in [3.05, 3.63) is 29.8 Å². The van der Waals surface area contributed by atoms with Gasteiger partial charge in [-0.05, 0) is 49.8 Å². The number of hydrogen-bond donors (Lipinski definition) is 0. The minimum Gasteiger partial charge on any atom is -0.494 e. The Kier molecular flexibility index (Phi) is 7.57. The van der Waals surface area contributed by atoms with Crippen molar-refractivity contribution in [2.45, 2.75) is 52.6 Å². The molecule has 0 radical (unpaired) electrons. The van der Waals surface area contributed by atoms with Gasteiger partial charge in [0.2, 0.25) is 5.91 Å². The summed E-state index contributed by atoms with van der Waals surface area (Å²) in [5.41, 5.74) is 1.18. The molecule has 0 saturated carbocycles. The number of benzene rings is 1. The lowest BCUT2D eigenvalue weighted by molar-refractivity contribution is -0.133. The summed E-state index contributed by atoms with van der Waals surface area (Å²) in [5, 5.41) is 0. The van der Waals surface area contributed by atoms with Crippen LogP contribution in [0.15, 0.2) is 24.3 Å². The maximum atomic E-state index is 12.4. The number of carbonyl (C=O) groups is 1.